The molecule has 0 saturated heterocycles. The van der Waals surface area contributed by atoms with E-state index in [1.54, 1.807) is 32.0 Å². The molecule has 108 valence electrons. The number of hydrogen-bond acceptors (Lipinski definition) is 4. The predicted octanol–water partition coefficient (Wildman–Crippen LogP) is 1.94. The minimum atomic E-state index is -3.77. The largest absolute Gasteiger partial charge is 0.325 e. The Bertz CT molecular complexity index is 740. The fraction of sp³-hybridized carbons (Fsp3) is 0.250. The summed E-state index contributed by atoms with van der Waals surface area (Å²) in [6.45, 7) is 3.46. The average Bonchev–Trinajstić information content (AvgIpc) is 2.75. The first-order valence-corrected chi connectivity index (χ1v) is 7.74. The molecule has 1 heterocycles. The molecule has 2 aromatic rings. The van der Waals surface area contributed by atoms with Crippen LogP contribution in [0.1, 0.15) is 17.0 Å². The first kappa shape index (κ1) is 14.8. The van der Waals surface area contributed by atoms with Gasteiger partial charge in [-0.1, -0.05) is 17.7 Å². The fourth-order valence-electron chi connectivity index (χ4n) is 1.86. The number of hydrogen-bond donors (Lipinski definition) is 3. The highest BCUT2D eigenvalue weighted by molar-refractivity contribution is 7.92. The maximum absolute atomic E-state index is 12.5. The minimum absolute atomic E-state index is 0.0368. The van der Waals surface area contributed by atoms with Gasteiger partial charge in [0.05, 0.1) is 17.1 Å². The molecule has 0 unspecified atom stereocenters. The molecule has 0 aliphatic heterocycles. The van der Waals surface area contributed by atoms with Crippen LogP contribution in [0.5, 0.6) is 0 Å². The summed E-state index contributed by atoms with van der Waals surface area (Å²) in [6, 6.07) is 5.00. The zero-order valence-corrected chi connectivity index (χ0v) is 12.6. The van der Waals surface area contributed by atoms with E-state index in [2.05, 4.69) is 14.9 Å². The molecular formula is C12H15ClN4O2S. The molecule has 0 aliphatic rings. The highest BCUT2D eigenvalue weighted by Crippen LogP contribution is 2.25. The van der Waals surface area contributed by atoms with Crippen LogP contribution in [-0.4, -0.2) is 18.6 Å². The van der Waals surface area contributed by atoms with Gasteiger partial charge in [-0.3, -0.25) is 9.82 Å². The number of aromatic amines is 1. The van der Waals surface area contributed by atoms with Gasteiger partial charge < -0.3 is 5.73 Å². The summed E-state index contributed by atoms with van der Waals surface area (Å²) in [5.41, 5.74) is 7.46. The number of H-pyrrole nitrogens is 1. The van der Waals surface area contributed by atoms with Gasteiger partial charge in [0.25, 0.3) is 10.0 Å². The van der Waals surface area contributed by atoms with Gasteiger partial charge in [0.1, 0.15) is 4.90 Å². The Kier molecular flexibility index (Phi) is 4.03. The summed E-state index contributed by atoms with van der Waals surface area (Å²) in [6.07, 6.45) is 0. The van der Waals surface area contributed by atoms with Crippen LogP contribution in [0.2, 0.25) is 5.02 Å². The number of benzene rings is 1. The van der Waals surface area contributed by atoms with Crippen molar-refractivity contribution in [3.8, 4) is 0 Å². The van der Waals surface area contributed by atoms with E-state index in [0.29, 0.717) is 22.1 Å². The lowest BCUT2D eigenvalue weighted by atomic mass is 10.2. The summed E-state index contributed by atoms with van der Waals surface area (Å²) in [5.74, 6) is 0. The number of sulfonamides is 1. The normalized spacial score (nSPS) is 11.6. The Morgan fingerprint density at radius 3 is 2.75 bits per heavy atom. The Morgan fingerprint density at radius 1 is 1.40 bits per heavy atom. The number of anilines is 1. The Balaban J connectivity index is 2.46. The van der Waals surface area contributed by atoms with Gasteiger partial charge in [-0.15, -0.1) is 0 Å². The van der Waals surface area contributed by atoms with Crippen molar-refractivity contribution in [2.75, 3.05) is 4.72 Å². The number of halogens is 1. The number of nitrogens with one attached hydrogen (secondary N) is 2. The van der Waals surface area contributed by atoms with E-state index in [0.717, 1.165) is 5.56 Å². The van der Waals surface area contributed by atoms with Crippen LogP contribution in [0.4, 0.5) is 5.69 Å². The summed E-state index contributed by atoms with van der Waals surface area (Å²) in [7, 11) is -3.77. The highest BCUT2D eigenvalue weighted by Gasteiger charge is 2.24. The number of aryl methyl sites for hydroxylation is 2. The summed E-state index contributed by atoms with van der Waals surface area (Å²) in [4.78, 5) is 0.0828. The van der Waals surface area contributed by atoms with Gasteiger partial charge in [-0.2, -0.15) is 5.10 Å². The van der Waals surface area contributed by atoms with Gasteiger partial charge in [-0.05, 0) is 31.5 Å². The van der Waals surface area contributed by atoms with Crippen molar-refractivity contribution >= 4 is 27.3 Å². The van der Waals surface area contributed by atoms with Crippen LogP contribution in [0, 0.1) is 13.8 Å². The molecule has 0 aliphatic carbocycles. The number of aromatic nitrogens is 2. The minimum Gasteiger partial charge on any atom is -0.325 e. The van der Waals surface area contributed by atoms with Crippen molar-refractivity contribution < 1.29 is 8.42 Å². The smallest absolute Gasteiger partial charge is 0.265 e. The van der Waals surface area contributed by atoms with Crippen molar-refractivity contribution in [3.05, 3.63) is 40.2 Å². The highest BCUT2D eigenvalue weighted by atomic mass is 35.5. The van der Waals surface area contributed by atoms with Crippen LogP contribution in [0.15, 0.2) is 23.1 Å². The molecule has 1 aromatic carbocycles. The van der Waals surface area contributed by atoms with E-state index < -0.39 is 10.0 Å². The number of nitrogens with two attached hydrogens (primary N) is 1. The van der Waals surface area contributed by atoms with Crippen LogP contribution < -0.4 is 10.5 Å². The van der Waals surface area contributed by atoms with Crippen molar-refractivity contribution in [3.63, 3.8) is 0 Å². The average molecular weight is 315 g/mol. The standard InChI is InChI=1S/C12H15ClN4O2S/c1-7-3-4-9(13)5-10(7)17-20(18,19)12-8(2)15-16-11(12)6-14/h3-5,17H,6,14H2,1-2H3,(H,15,16). The molecule has 8 heteroatoms. The van der Waals surface area contributed by atoms with Crippen LogP contribution in [-0.2, 0) is 16.6 Å². The monoisotopic (exact) mass is 314 g/mol. The van der Waals surface area contributed by atoms with Crippen molar-refractivity contribution in [2.45, 2.75) is 25.3 Å². The lowest BCUT2D eigenvalue weighted by molar-refractivity contribution is 0.599. The third-order valence-electron chi connectivity index (χ3n) is 2.87. The second-order valence-corrected chi connectivity index (χ2v) is 6.45. The predicted molar refractivity (Wildman–Crippen MR) is 78.2 cm³/mol. The maximum atomic E-state index is 12.5. The molecule has 20 heavy (non-hydrogen) atoms. The number of nitrogens with zero attached hydrogens (tertiary/aromatic N) is 1. The molecule has 0 atom stereocenters. The topological polar surface area (TPSA) is 101 Å². The SMILES string of the molecule is Cc1ccc(Cl)cc1NS(=O)(=O)c1c(CN)n[nH]c1C. The van der Waals surface area contributed by atoms with Crippen LogP contribution >= 0.6 is 11.6 Å². The van der Waals surface area contributed by atoms with Crippen molar-refractivity contribution in [1.82, 2.24) is 10.2 Å². The summed E-state index contributed by atoms with van der Waals surface area (Å²) < 4.78 is 27.4. The van der Waals surface area contributed by atoms with Crippen molar-refractivity contribution in [2.24, 2.45) is 5.73 Å². The molecule has 0 amide bonds. The van der Waals surface area contributed by atoms with Crippen LogP contribution in [0.25, 0.3) is 0 Å². The van der Waals surface area contributed by atoms with Gasteiger partial charge in [0.15, 0.2) is 0 Å². The van der Waals surface area contributed by atoms with Gasteiger partial charge in [0, 0.05) is 11.6 Å². The molecule has 6 nitrogen and oxygen atoms in total. The molecule has 0 spiro atoms. The molecular weight excluding hydrogens is 300 g/mol. The van der Waals surface area contributed by atoms with E-state index in [9.17, 15) is 8.42 Å². The van der Waals surface area contributed by atoms with Crippen LogP contribution in [0.3, 0.4) is 0 Å². The first-order valence-electron chi connectivity index (χ1n) is 5.88. The fourth-order valence-corrected chi connectivity index (χ4v) is 3.54. The Morgan fingerprint density at radius 2 is 2.10 bits per heavy atom. The maximum Gasteiger partial charge on any atom is 0.265 e. The van der Waals surface area contributed by atoms with Gasteiger partial charge in [0.2, 0.25) is 0 Å². The second-order valence-electron chi connectivity index (χ2n) is 4.39. The lowest BCUT2D eigenvalue weighted by Crippen LogP contribution is -2.17. The number of rotatable bonds is 4. The molecule has 1 aromatic heterocycles. The van der Waals surface area contributed by atoms with E-state index in [1.807, 2.05) is 0 Å². The van der Waals surface area contributed by atoms with Crippen molar-refractivity contribution in [1.29, 1.82) is 0 Å². The zero-order valence-electron chi connectivity index (χ0n) is 11.1. The molecule has 0 radical (unpaired) electrons. The summed E-state index contributed by atoms with van der Waals surface area (Å²) >= 11 is 5.89. The molecule has 0 bridgehead atoms. The molecule has 2 rings (SSSR count). The second kappa shape index (κ2) is 5.43. The van der Waals surface area contributed by atoms with Gasteiger partial charge >= 0.3 is 0 Å². The quantitative estimate of drug-likeness (QED) is 0.802. The molecule has 0 saturated carbocycles. The van der Waals surface area contributed by atoms with E-state index in [-0.39, 0.29) is 11.4 Å². The zero-order chi connectivity index (χ0) is 14.9. The Labute approximate surface area is 122 Å². The Hall–Kier alpha value is -1.57. The first-order chi connectivity index (χ1) is 9.35. The van der Waals surface area contributed by atoms with Gasteiger partial charge in [-0.25, -0.2) is 8.42 Å². The molecule has 4 N–H and O–H groups in total. The third kappa shape index (κ3) is 2.79. The van der Waals surface area contributed by atoms with E-state index in [4.69, 9.17) is 17.3 Å². The third-order valence-corrected chi connectivity index (χ3v) is 4.67. The summed E-state index contributed by atoms with van der Waals surface area (Å²) in [5, 5.41) is 6.97. The molecule has 0 fully saturated rings. The lowest BCUT2D eigenvalue weighted by Gasteiger charge is -2.11. The van der Waals surface area contributed by atoms with E-state index >= 15 is 0 Å². The van der Waals surface area contributed by atoms with E-state index in [1.165, 1.54) is 0 Å².